The van der Waals surface area contributed by atoms with Crippen molar-refractivity contribution in [3.63, 3.8) is 0 Å². The molecule has 0 bridgehead atoms. The van der Waals surface area contributed by atoms with Gasteiger partial charge in [-0.3, -0.25) is 9.13 Å². The van der Waals surface area contributed by atoms with Crippen LogP contribution in [0.25, 0.3) is 39.0 Å². The molecule has 6 aromatic rings. The van der Waals surface area contributed by atoms with E-state index in [4.69, 9.17) is 18.1 Å². The first kappa shape index (κ1) is 48.9. The number of hydrogen-bond acceptors (Lipinski definition) is 14. The molecule has 0 atom stereocenters. The first-order valence-corrected chi connectivity index (χ1v) is 32.9. The van der Waals surface area contributed by atoms with E-state index in [1.54, 1.807) is 99.7 Å². The monoisotopic (exact) mass is 1100 g/mol. The predicted molar refractivity (Wildman–Crippen MR) is 266 cm³/mol. The molecule has 0 fully saturated rings. The molecule has 0 unspecified atom stereocenters. The van der Waals surface area contributed by atoms with Crippen molar-refractivity contribution in [2.75, 3.05) is 53.1 Å². The van der Waals surface area contributed by atoms with Crippen LogP contribution in [0.3, 0.4) is 0 Å². The molecule has 6 rings (SSSR count). The molecule has 0 spiro atoms. The van der Waals surface area contributed by atoms with Crippen molar-refractivity contribution in [1.82, 2.24) is 0 Å². The Bertz CT molecular complexity index is 2370. The molecule has 20 heteroatoms. The third kappa shape index (κ3) is 11.0. The van der Waals surface area contributed by atoms with Gasteiger partial charge >= 0.3 is 15.2 Å². The fraction of sp³-hybridized carbons (Fsp3) is 0.368. The van der Waals surface area contributed by atoms with Crippen LogP contribution >= 0.6 is 129 Å². The molecule has 0 amide bonds. The van der Waals surface area contributed by atoms with Crippen LogP contribution < -0.4 is 21.2 Å². The van der Waals surface area contributed by atoms with Crippen LogP contribution in [0.4, 0.5) is 0 Å². The highest BCUT2D eigenvalue weighted by Gasteiger charge is 2.42. The van der Waals surface area contributed by atoms with Gasteiger partial charge in [0.25, 0.3) is 0 Å². The van der Waals surface area contributed by atoms with E-state index in [2.05, 4.69) is 44.8 Å². The second-order valence-corrected chi connectivity index (χ2v) is 33.1. The molecular formula is C38H46Br2O8P4S6. The van der Waals surface area contributed by atoms with E-state index >= 15 is 0 Å². The second kappa shape index (κ2) is 20.2. The molecule has 0 aliphatic carbocycles. The number of thiophene rings is 6. The summed E-state index contributed by atoms with van der Waals surface area (Å²) < 4.78 is 79.8. The van der Waals surface area contributed by atoms with Crippen molar-refractivity contribution in [2.24, 2.45) is 0 Å². The maximum Gasteiger partial charge on any atom is 0.363 e. The summed E-state index contributed by atoms with van der Waals surface area (Å²) in [5, 5.41) is 2.17. The Kier molecular flexibility index (Phi) is 17.0. The highest BCUT2D eigenvalue weighted by molar-refractivity contribution is 9.11. The van der Waals surface area contributed by atoms with E-state index in [9.17, 15) is 18.3 Å². The Labute approximate surface area is 382 Å². The van der Waals surface area contributed by atoms with Crippen LogP contribution in [-0.4, -0.2) is 53.1 Å². The maximum atomic E-state index is 14.0. The first-order chi connectivity index (χ1) is 27.2. The third-order valence-corrected chi connectivity index (χ3v) is 24.8. The van der Waals surface area contributed by atoms with E-state index in [1.807, 2.05) is 49.4 Å². The Hall–Kier alpha value is -0.0800. The Morgan fingerprint density at radius 3 is 0.931 bits per heavy atom. The van der Waals surface area contributed by atoms with Crippen molar-refractivity contribution in [3.8, 4) is 39.0 Å². The average Bonchev–Trinajstić information content (AvgIpc) is 3.97. The zero-order chi connectivity index (χ0) is 42.8. The lowest BCUT2D eigenvalue weighted by Crippen LogP contribution is -2.26. The topological polar surface area (TPSA) is 105 Å². The molecule has 0 aromatic carbocycles. The van der Waals surface area contributed by atoms with E-state index in [1.165, 1.54) is 27.6 Å². The average molecular weight is 1110 g/mol. The quantitative estimate of drug-likeness (QED) is 0.0883. The van der Waals surface area contributed by atoms with Gasteiger partial charge in [-0.1, -0.05) is 0 Å². The zero-order valence-corrected chi connectivity index (χ0v) is 45.4. The van der Waals surface area contributed by atoms with Crippen LogP contribution in [0.2, 0.25) is 0 Å². The minimum atomic E-state index is -3.67. The standard InChI is InChI=1S/C20H26O4P2S3.C18H20Br2O4P2S3/c1-7-23-26(22,24-8-2)18-17(25(5,6)21)19(15-11-9-13(3)27-15)29-20(18)16-12-10-14(4)28-16;1-5-23-26(22,24-6-2)16-15(25(3,4)21)17(11-7-9-13(19)27-11)29-18(16)12-8-10-14(20)28-12/h9-12H,7-8H2,1-6H3;7-10H,5-6H2,1-4H3. The number of rotatable bonds is 16. The van der Waals surface area contributed by atoms with E-state index in [0.29, 0.717) is 21.2 Å². The van der Waals surface area contributed by atoms with Gasteiger partial charge in [-0.25, -0.2) is 0 Å². The van der Waals surface area contributed by atoms with Crippen molar-refractivity contribution in [3.05, 3.63) is 65.9 Å². The smallest absolute Gasteiger partial charge is 0.319 e. The Morgan fingerprint density at radius 1 is 0.431 bits per heavy atom. The Balaban J connectivity index is 0.000000221. The molecule has 8 nitrogen and oxygen atoms in total. The predicted octanol–water partition coefficient (Wildman–Crippen LogP) is 14.8. The van der Waals surface area contributed by atoms with E-state index in [0.717, 1.165) is 51.5 Å². The van der Waals surface area contributed by atoms with Crippen molar-refractivity contribution >= 4 is 151 Å². The van der Waals surface area contributed by atoms with Crippen LogP contribution in [0, 0.1) is 13.8 Å². The van der Waals surface area contributed by atoms with Gasteiger partial charge in [0.15, 0.2) is 0 Å². The van der Waals surface area contributed by atoms with Crippen LogP contribution in [0.5, 0.6) is 0 Å². The lowest BCUT2D eigenvalue weighted by atomic mass is 10.3. The highest BCUT2D eigenvalue weighted by atomic mass is 79.9. The summed E-state index contributed by atoms with van der Waals surface area (Å²) in [6, 6.07) is 16.1. The normalized spacial score (nSPS) is 12.6. The minimum Gasteiger partial charge on any atom is -0.319 e. The van der Waals surface area contributed by atoms with Crippen LogP contribution in [0.1, 0.15) is 37.4 Å². The van der Waals surface area contributed by atoms with E-state index < -0.39 is 29.5 Å². The third-order valence-electron chi connectivity index (χ3n) is 8.06. The second-order valence-electron chi connectivity index (χ2n) is 13.3. The number of aryl methyl sites for hydroxylation is 2. The fourth-order valence-electron chi connectivity index (χ4n) is 6.00. The summed E-state index contributed by atoms with van der Waals surface area (Å²) in [5.74, 6) is 0. The van der Waals surface area contributed by atoms with Gasteiger partial charge in [0.05, 0.1) is 64.1 Å². The maximum absolute atomic E-state index is 14.0. The zero-order valence-electron chi connectivity index (χ0n) is 33.7. The molecule has 0 radical (unpaired) electrons. The number of halogens is 2. The summed E-state index contributed by atoms with van der Waals surface area (Å²) in [7, 11) is -12.9. The Morgan fingerprint density at radius 2 is 0.707 bits per heavy atom. The molecule has 0 saturated heterocycles. The SMILES string of the molecule is CCOP(=O)(OCC)c1c(-c2ccc(Br)s2)sc(-c2ccc(Br)s2)c1P(C)(C)=O.CCOP(=O)(OCC)c1c(-c2ccc(C)s2)sc(-c2ccc(C)s2)c1P(C)(C)=O. The number of hydrogen-bond donors (Lipinski definition) is 0. The van der Waals surface area contributed by atoms with Crippen LogP contribution in [0.15, 0.2) is 56.1 Å². The molecule has 0 aliphatic rings. The molecule has 0 saturated carbocycles. The van der Waals surface area contributed by atoms with Gasteiger partial charge in [-0.15, -0.1) is 68.0 Å². The highest BCUT2D eigenvalue weighted by Crippen LogP contribution is 2.58. The van der Waals surface area contributed by atoms with Crippen molar-refractivity contribution in [1.29, 1.82) is 0 Å². The van der Waals surface area contributed by atoms with Gasteiger partial charge < -0.3 is 27.2 Å². The van der Waals surface area contributed by atoms with Gasteiger partial charge in [0.2, 0.25) is 0 Å². The summed E-state index contributed by atoms with van der Waals surface area (Å²) in [5.41, 5.74) is 0. The summed E-state index contributed by atoms with van der Waals surface area (Å²) in [4.78, 5) is 9.69. The first-order valence-electron chi connectivity index (χ1n) is 18.1. The summed E-state index contributed by atoms with van der Waals surface area (Å²) in [6.07, 6.45) is 0. The molecule has 0 N–H and O–H groups in total. The van der Waals surface area contributed by atoms with E-state index in [-0.39, 0.29) is 26.4 Å². The van der Waals surface area contributed by atoms with Crippen molar-refractivity contribution < 1.29 is 36.4 Å². The minimum absolute atomic E-state index is 0.234. The van der Waals surface area contributed by atoms with Gasteiger partial charge in [-0.05, 0) is 149 Å². The fourth-order valence-corrected chi connectivity index (χ4v) is 24.5. The largest absolute Gasteiger partial charge is 0.363 e. The van der Waals surface area contributed by atoms with Gasteiger partial charge in [-0.2, -0.15) is 0 Å². The molecular weight excluding hydrogens is 1060 g/mol. The molecule has 6 aromatic heterocycles. The molecule has 316 valence electrons. The van der Waals surface area contributed by atoms with Crippen LogP contribution in [-0.2, 0) is 36.4 Å². The lowest BCUT2D eigenvalue weighted by Gasteiger charge is -2.21. The molecule has 58 heavy (non-hydrogen) atoms. The molecule has 0 aliphatic heterocycles. The van der Waals surface area contributed by atoms with Gasteiger partial charge in [0.1, 0.15) is 14.3 Å². The van der Waals surface area contributed by atoms with Crippen molar-refractivity contribution in [2.45, 2.75) is 41.5 Å². The van der Waals surface area contributed by atoms with Gasteiger partial charge in [0, 0.05) is 39.9 Å². The molecule has 6 heterocycles. The summed E-state index contributed by atoms with van der Waals surface area (Å²) in [6.45, 7) is 19.1. The summed E-state index contributed by atoms with van der Waals surface area (Å²) >= 11 is 16.4. The lowest BCUT2D eigenvalue weighted by molar-refractivity contribution is 0.229.